The number of nitrogens with zero attached hydrogens (tertiary/aromatic N) is 2. The molecular formula is C22H22FN3O3S. The summed E-state index contributed by atoms with van der Waals surface area (Å²) >= 11 is 0. The Morgan fingerprint density at radius 1 is 1.17 bits per heavy atom. The van der Waals surface area contributed by atoms with Crippen LogP contribution >= 0.6 is 0 Å². The van der Waals surface area contributed by atoms with E-state index in [9.17, 15) is 17.6 Å². The van der Waals surface area contributed by atoms with Gasteiger partial charge in [0.05, 0.1) is 17.9 Å². The molecule has 4 rings (SSSR count). The molecule has 0 radical (unpaired) electrons. The molecule has 1 aromatic heterocycles. The van der Waals surface area contributed by atoms with Crippen molar-refractivity contribution in [2.45, 2.75) is 37.0 Å². The third kappa shape index (κ3) is 4.28. The second-order valence-electron chi connectivity index (χ2n) is 7.49. The van der Waals surface area contributed by atoms with Crippen LogP contribution < -0.4 is 5.32 Å². The van der Waals surface area contributed by atoms with Crippen LogP contribution in [-0.4, -0.2) is 29.6 Å². The van der Waals surface area contributed by atoms with E-state index in [-0.39, 0.29) is 17.0 Å². The van der Waals surface area contributed by atoms with Gasteiger partial charge in [0.15, 0.2) is 0 Å². The molecule has 3 aromatic rings. The van der Waals surface area contributed by atoms with Gasteiger partial charge in [-0.2, -0.15) is 0 Å². The van der Waals surface area contributed by atoms with E-state index in [1.54, 1.807) is 29.8 Å². The molecule has 1 aliphatic rings. The number of halogens is 1. The summed E-state index contributed by atoms with van der Waals surface area (Å²) in [4.78, 5) is 16.6. The van der Waals surface area contributed by atoms with Crippen molar-refractivity contribution in [2.75, 3.05) is 5.75 Å². The SMILES string of the molecule is CC(NC(=O)CS(=O)(=O)c1ncc(-c2ccccc2)n1C1CC1)c1ccc(F)cc1. The molecule has 1 heterocycles. The van der Waals surface area contributed by atoms with Crippen molar-refractivity contribution < 1.29 is 17.6 Å². The second kappa shape index (κ2) is 8.02. The number of sulfone groups is 1. The second-order valence-corrected chi connectivity index (χ2v) is 9.38. The molecular weight excluding hydrogens is 405 g/mol. The zero-order chi connectivity index (χ0) is 21.3. The molecule has 2 aromatic carbocycles. The third-order valence-electron chi connectivity index (χ3n) is 5.09. The monoisotopic (exact) mass is 427 g/mol. The van der Waals surface area contributed by atoms with Gasteiger partial charge in [0.25, 0.3) is 0 Å². The molecule has 156 valence electrons. The largest absolute Gasteiger partial charge is 0.349 e. The first-order chi connectivity index (χ1) is 14.3. The highest BCUT2D eigenvalue weighted by Gasteiger charge is 2.34. The summed E-state index contributed by atoms with van der Waals surface area (Å²) in [7, 11) is -3.94. The molecule has 8 heteroatoms. The average molecular weight is 428 g/mol. The lowest BCUT2D eigenvalue weighted by atomic mass is 10.1. The highest BCUT2D eigenvalue weighted by molar-refractivity contribution is 7.92. The van der Waals surface area contributed by atoms with Gasteiger partial charge in [-0.1, -0.05) is 42.5 Å². The molecule has 1 N–H and O–H groups in total. The number of hydrogen-bond donors (Lipinski definition) is 1. The van der Waals surface area contributed by atoms with E-state index in [4.69, 9.17) is 0 Å². The minimum atomic E-state index is -3.94. The number of aromatic nitrogens is 2. The Morgan fingerprint density at radius 3 is 2.47 bits per heavy atom. The topological polar surface area (TPSA) is 81.1 Å². The molecule has 1 fully saturated rings. The van der Waals surface area contributed by atoms with Crippen LogP contribution in [0.2, 0.25) is 0 Å². The van der Waals surface area contributed by atoms with Crippen LogP contribution in [0, 0.1) is 5.82 Å². The Labute approximate surface area is 174 Å². The lowest BCUT2D eigenvalue weighted by molar-refractivity contribution is -0.119. The first kappa shape index (κ1) is 20.3. The molecule has 1 atom stereocenters. The van der Waals surface area contributed by atoms with Crippen LogP contribution in [-0.2, 0) is 14.6 Å². The maximum absolute atomic E-state index is 13.1. The zero-order valence-corrected chi connectivity index (χ0v) is 17.3. The standard InChI is InChI=1S/C22H22FN3O3S/c1-15(16-7-9-18(23)10-8-16)25-21(27)14-30(28,29)22-24-13-20(26(22)19-11-12-19)17-5-3-2-4-6-17/h2-10,13,15,19H,11-12,14H2,1H3,(H,25,27). The number of carbonyl (C=O) groups excluding carboxylic acids is 1. The molecule has 0 spiro atoms. The van der Waals surface area contributed by atoms with Crippen molar-refractivity contribution in [3.05, 3.63) is 72.2 Å². The fourth-order valence-electron chi connectivity index (χ4n) is 3.44. The van der Waals surface area contributed by atoms with Gasteiger partial charge in [0.2, 0.25) is 20.9 Å². The normalized spacial score (nSPS) is 15.0. The number of rotatable bonds is 7. The maximum Gasteiger partial charge on any atom is 0.236 e. The van der Waals surface area contributed by atoms with E-state index in [1.807, 2.05) is 30.3 Å². The summed E-state index contributed by atoms with van der Waals surface area (Å²) in [6.07, 6.45) is 3.32. The number of benzene rings is 2. The first-order valence-corrected chi connectivity index (χ1v) is 11.4. The smallest absolute Gasteiger partial charge is 0.236 e. The Morgan fingerprint density at radius 2 is 1.83 bits per heavy atom. The lowest BCUT2D eigenvalue weighted by Gasteiger charge is -2.15. The minimum absolute atomic E-state index is 0.0755. The van der Waals surface area contributed by atoms with Gasteiger partial charge in [0, 0.05) is 6.04 Å². The highest BCUT2D eigenvalue weighted by Crippen LogP contribution is 2.40. The van der Waals surface area contributed by atoms with Gasteiger partial charge < -0.3 is 9.88 Å². The summed E-state index contributed by atoms with van der Waals surface area (Å²) in [5.74, 6) is -1.70. The fourth-order valence-corrected chi connectivity index (χ4v) is 4.76. The summed E-state index contributed by atoms with van der Waals surface area (Å²) in [6, 6.07) is 14.8. The van der Waals surface area contributed by atoms with Crippen molar-refractivity contribution >= 4 is 15.7 Å². The molecule has 1 saturated carbocycles. The van der Waals surface area contributed by atoms with Crippen molar-refractivity contribution in [2.24, 2.45) is 0 Å². The van der Waals surface area contributed by atoms with Gasteiger partial charge in [0.1, 0.15) is 11.6 Å². The van der Waals surface area contributed by atoms with Crippen LogP contribution in [0.3, 0.4) is 0 Å². The maximum atomic E-state index is 13.1. The van der Waals surface area contributed by atoms with E-state index in [0.717, 1.165) is 24.1 Å². The average Bonchev–Trinajstić information content (AvgIpc) is 3.45. The van der Waals surface area contributed by atoms with Gasteiger partial charge in [-0.05, 0) is 43.0 Å². The number of amides is 1. The molecule has 1 unspecified atom stereocenters. The Balaban J connectivity index is 1.54. The molecule has 0 aliphatic heterocycles. The predicted molar refractivity (Wildman–Crippen MR) is 111 cm³/mol. The van der Waals surface area contributed by atoms with Crippen molar-refractivity contribution in [1.82, 2.24) is 14.9 Å². The molecule has 6 nitrogen and oxygen atoms in total. The Bertz CT molecular complexity index is 1150. The van der Waals surface area contributed by atoms with E-state index in [0.29, 0.717) is 5.56 Å². The number of hydrogen-bond acceptors (Lipinski definition) is 4. The zero-order valence-electron chi connectivity index (χ0n) is 16.5. The number of nitrogens with one attached hydrogen (secondary N) is 1. The third-order valence-corrected chi connectivity index (χ3v) is 6.59. The van der Waals surface area contributed by atoms with Crippen LogP contribution in [0.4, 0.5) is 4.39 Å². The van der Waals surface area contributed by atoms with Gasteiger partial charge in [-0.3, -0.25) is 4.79 Å². The van der Waals surface area contributed by atoms with Crippen molar-refractivity contribution in [1.29, 1.82) is 0 Å². The van der Waals surface area contributed by atoms with Gasteiger partial charge in [-0.25, -0.2) is 17.8 Å². The molecule has 0 bridgehead atoms. The number of imidazole rings is 1. The summed E-state index contributed by atoms with van der Waals surface area (Å²) < 4.78 is 40.8. The van der Waals surface area contributed by atoms with Gasteiger partial charge in [-0.15, -0.1) is 0 Å². The Kier molecular flexibility index (Phi) is 5.42. The van der Waals surface area contributed by atoms with Crippen molar-refractivity contribution in [3.8, 4) is 11.3 Å². The van der Waals surface area contributed by atoms with Crippen LogP contribution in [0.15, 0.2) is 66.0 Å². The summed E-state index contributed by atoms with van der Waals surface area (Å²) in [6.45, 7) is 1.72. The van der Waals surface area contributed by atoms with Crippen LogP contribution in [0.5, 0.6) is 0 Å². The van der Waals surface area contributed by atoms with Gasteiger partial charge >= 0.3 is 0 Å². The molecule has 0 saturated heterocycles. The van der Waals surface area contributed by atoms with Crippen LogP contribution in [0.1, 0.15) is 37.4 Å². The summed E-state index contributed by atoms with van der Waals surface area (Å²) in [5, 5.41) is 2.59. The lowest BCUT2D eigenvalue weighted by Crippen LogP contribution is -2.33. The molecule has 1 aliphatic carbocycles. The Hall–Kier alpha value is -3.00. The first-order valence-electron chi connectivity index (χ1n) is 9.75. The molecule has 1 amide bonds. The van der Waals surface area contributed by atoms with E-state index < -0.39 is 27.5 Å². The van der Waals surface area contributed by atoms with E-state index in [2.05, 4.69) is 10.3 Å². The molecule has 30 heavy (non-hydrogen) atoms. The van der Waals surface area contributed by atoms with E-state index in [1.165, 1.54) is 12.1 Å². The quantitative estimate of drug-likeness (QED) is 0.624. The van der Waals surface area contributed by atoms with Crippen molar-refractivity contribution in [3.63, 3.8) is 0 Å². The van der Waals surface area contributed by atoms with E-state index >= 15 is 0 Å². The minimum Gasteiger partial charge on any atom is -0.349 e. The summed E-state index contributed by atoms with van der Waals surface area (Å²) in [5.41, 5.74) is 2.30. The number of carbonyl (C=O) groups is 1. The highest BCUT2D eigenvalue weighted by atomic mass is 32.2. The fraction of sp³-hybridized carbons (Fsp3) is 0.273. The van der Waals surface area contributed by atoms with Crippen LogP contribution in [0.25, 0.3) is 11.3 Å². The predicted octanol–water partition coefficient (Wildman–Crippen LogP) is 3.68.